The molecule has 90 valence electrons. The molecule has 16 heavy (non-hydrogen) atoms. The summed E-state index contributed by atoms with van der Waals surface area (Å²) in [5.74, 6) is 0. The number of hydrogen-bond donors (Lipinski definition) is 0. The van der Waals surface area contributed by atoms with Gasteiger partial charge in [-0.2, -0.15) is 0 Å². The normalized spacial score (nSPS) is 18.8. The van der Waals surface area contributed by atoms with Crippen molar-refractivity contribution in [1.82, 2.24) is 0 Å². The van der Waals surface area contributed by atoms with E-state index in [4.69, 9.17) is 0 Å². The molecule has 0 spiro atoms. The van der Waals surface area contributed by atoms with Crippen molar-refractivity contribution in [3.8, 4) is 0 Å². The summed E-state index contributed by atoms with van der Waals surface area (Å²) in [4.78, 5) is 0. The summed E-state index contributed by atoms with van der Waals surface area (Å²) in [6.45, 7) is 2.79. The number of nitrogens with zero attached hydrogens (tertiary/aromatic N) is 1. The summed E-state index contributed by atoms with van der Waals surface area (Å²) in [7, 11) is 2.43. The molecule has 1 aliphatic heterocycles. The van der Waals surface area contributed by atoms with Gasteiger partial charge in [0.2, 0.25) is 0 Å². The first kappa shape index (κ1) is 14.5. The van der Waals surface area contributed by atoms with Crippen LogP contribution in [-0.2, 0) is 0 Å². The zero-order chi connectivity index (χ0) is 10.6. The first-order valence-electron chi connectivity index (χ1n) is 5.80. The number of halogens is 1. The van der Waals surface area contributed by atoms with E-state index < -0.39 is 0 Å². The van der Waals surface area contributed by atoms with Gasteiger partial charge in [0, 0.05) is 0 Å². The second kappa shape index (κ2) is 7.00. The van der Waals surface area contributed by atoms with Crippen LogP contribution in [0.25, 0.3) is 0 Å². The zero-order valence-electron chi connectivity index (χ0n) is 9.86. The molecule has 0 unspecified atom stereocenters. The summed E-state index contributed by atoms with van der Waals surface area (Å²) >= 11 is 0.660. The number of rotatable bonds is 3. The van der Waals surface area contributed by atoms with Gasteiger partial charge in [-0.15, -0.1) is 0 Å². The summed E-state index contributed by atoms with van der Waals surface area (Å²) in [6.07, 6.45) is 4.31. The molecule has 0 atom stereocenters. The van der Waals surface area contributed by atoms with Crippen molar-refractivity contribution in [2.24, 2.45) is 0 Å². The molecule has 1 aliphatic rings. The molecule has 1 nitrogen and oxygen atoms in total. The Morgan fingerprint density at radius 1 is 1.06 bits per heavy atom. The van der Waals surface area contributed by atoms with E-state index in [1.807, 2.05) is 0 Å². The van der Waals surface area contributed by atoms with Crippen LogP contribution in [0.5, 0.6) is 0 Å². The molecule has 2 rings (SSSR count). The van der Waals surface area contributed by atoms with Gasteiger partial charge in [0.25, 0.3) is 0 Å². The maximum absolute atomic E-state index is 2.43. The molecule has 1 saturated heterocycles. The predicted octanol–water partition coefficient (Wildman–Crippen LogP) is -1.39. The monoisotopic (exact) mass is 397 g/mol. The Bertz CT molecular complexity index is 296. The number of quaternary nitrogens is 1. The topological polar surface area (TPSA) is 0 Å². The largest absolute Gasteiger partial charge is 1.00 e. The van der Waals surface area contributed by atoms with Crippen LogP contribution < -0.4 is 28.4 Å². The van der Waals surface area contributed by atoms with Gasteiger partial charge in [-0.25, -0.2) is 0 Å². The molecule has 1 aromatic rings. The van der Waals surface area contributed by atoms with Crippen molar-refractivity contribution in [3.63, 3.8) is 0 Å². The van der Waals surface area contributed by atoms with Crippen LogP contribution in [0.3, 0.4) is 0 Å². The molecule has 0 amide bonds. The van der Waals surface area contributed by atoms with Gasteiger partial charge in [0.1, 0.15) is 0 Å². The fraction of sp³-hybridized carbons (Fsp3) is 0.538. The van der Waals surface area contributed by atoms with Crippen LogP contribution >= 0.6 is 0 Å². The third kappa shape index (κ3) is 4.36. The average molecular weight is 396 g/mol. The van der Waals surface area contributed by atoms with E-state index >= 15 is 0 Å². The van der Waals surface area contributed by atoms with Crippen molar-refractivity contribution >= 4 is 19.4 Å². The molecule has 0 N–H and O–H groups in total. The molecule has 0 bridgehead atoms. The second-order valence-corrected chi connectivity index (χ2v) is 6.85. The van der Waals surface area contributed by atoms with Crippen LogP contribution in [0.4, 0.5) is 0 Å². The molecular formula is C13H20INSe. The minimum Gasteiger partial charge on any atom is -1.00 e. The molecular weight excluding hydrogens is 376 g/mol. The molecule has 0 aromatic heterocycles. The number of benzene rings is 1. The minimum absolute atomic E-state index is 0. The van der Waals surface area contributed by atoms with Gasteiger partial charge >= 0.3 is 99.1 Å². The van der Waals surface area contributed by atoms with Crippen molar-refractivity contribution in [2.45, 2.75) is 19.3 Å². The minimum atomic E-state index is 0. The smallest absolute Gasteiger partial charge is 1.00 e. The maximum Gasteiger partial charge on any atom is -1.00 e. The van der Waals surface area contributed by atoms with Gasteiger partial charge < -0.3 is 24.0 Å². The number of piperidine rings is 1. The van der Waals surface area contributed by atoms with Crippen molar-refractivity contribution in [2.75, 3.05) is 25.6 Å². The van der Waals surface area contributed by atoms with Crippen molar-refractivity contribution in [1.29, 1.82) is 0 Å². The van der Waals surface area contributed by atoms with E-state index in [0.29, 0.717) is 15.0 Å². The van der Waals surface area contributed by atoms with Gasteiger partial charge in [-0.1, -0.05) is 0 Å². The Morgan fingerprint density at radius 3 is 2.31 bits per heavy atom. The molecule has 0 radical (unpaired) electrons. The summed E-state index contributed by atoms with van der Waals surface area (Å²) in [6, 6.07) is 11.0. The molecule has 1 fully saturated rings. The first-order valence-corrected chi connectivity index (χ1v) is 7.87. The Morgan fingerprint density at radius 2 is 1.69 bits per heavy atom. The SMILES string of the molecule is C[N+]1(C[Se]c2ccccc2)CCCCC1.[I-]. The van der Waals surface area contributed by atoms with E-state index in [1.54, 1.807) is 4.46 Å². The summed E-state index contributed by atoms with van der Waals surface area (Å²) < 4.78 is 2.87. The van der Waals surface area contributed by atoms with Gasteiger partial charge in [-0.3, -0.25) is 0 Å². The zero-order valence-corrected chi connectivity index (χ0v) is 13.7. The molecule has 0 saturated carbocycles. The quantitative estimate of drug-likeness (QED) is 0.336. The Balaban J connectivity index is 0.00000128. The van der Waals surface area contributed by atoms with Crippen molar-refractivity contribution in [3.05, 3.63) is 30.3 Å². The standard InChI is InChI=1S/C13H20NSe.HI/c1-14(10-6-3-7-11-14)12-15-13-8-4-2-5-9-13;/h2,4-5,8-9H,3,6-7,10-12H2,1H3;1H/q+1;/p-1. The maximum atomic E-state index is 2.43. The average Bonchev–Trinajstić information content (AvgIpc) is 2.29. The third-order valence-corrected chi connectivity index (χ3v) is 6.03. The molecule has 3 heteroatoms. The van der Waals surface area contributed by atoms with E-state index in [-0.39, 0.29) is 24.0 Å². The Hall–Kier alpha value is 0.429. The Labute approximate surface area is 122 Å². The van der Waals surface area contributed by atoms with Crippen LogP contribution in [0.2, 0.25) is 0 Å². The van der Waals surface area contributed by atoms with E-state index in [9.17, 15) is 0 Å². The second-order valence-electron chi connectivity index (χ2n) is 4.71. The van der Waals surface area contributed by atoms with Crippen LogP contribution in [0.15, 0.2) is 30.3 Å². The fourth-order valence-electron chi connectivity index (χ4n) is 2.15. The first-order chi connectivity index (χ1) is 7.29. The van der Waals surface area contributed by atoms with Gasteiger partial charge in [0.05, 0.1) is 0 Å². The van der Waals surface area contributed by atoms with E-state index in [1.165, 1.54) is 42.3 Å². The predicted molar refractivity (Wildman–Crippen MR) is 66.5 cm³/mol. The molecule has 0 aliphatic carbocycles. The van der Waals surface area contributed by atoms with Crippen LogP contribution in [0.1, 0.15) is 19.3 Å². The third-order valence-electron chi connectivity index (χ3n) is 3.18. The van der Waals surface area contributed by atoms with Gasteiger partial charge in [0.15, 0.2) is 0 Å². The Kier molecular flexibility index (Phi) is 6.34. The van der Waals surface area contributed by atoms with E-state index in [0.717, 1.165) is 0 Å². The number of likely N-dealkylation sites (tertiary alicyclic amines) is 1. The number of hydrogen-bond acceptors (Lipinski definition) is 0. The van der Waals surface area contributed by atoms with Crippen LogP contribution in [0, 0.1) is 0 Å². The van der Waals surface area contributed by atoms with Crippen LogP contribution in [-0.4, -0.2) is 45.0 Å². The molecule has 1 heterocycles. The van der Waals surface area contributed by atoms with Gasteiger partial charge in [-0.05, 0) is 0 Å². The van der Waals surface area contributed by atoms with Crippen molar-refractivity contribution < 1.29 is 28.5 Å². The molecule has 1 aromatic carbocycles. The van der Waals surface area contributed by atoms with E-state index in [2.05, 4.69) is 37.4 Å². The fourth-order valence-corrected chi connectivity index (χ4v) is 4.39. The summed E-state index contributed by atoms with van der Waals surface area (Å²) in [5, 5.41) is 0. The summed E-state index contributed by atoms with van der Waals surface area (Å²) in [5.41, 5.74) is 1.37.